The molecule has 0 aliphatic rings. The lowest BCUT2D eigenvalue weighted by Gasteiger charge is -2.03. The highest BCUT2D eigenvalue weighted by Gasteiger charge is 2.01. The van der Waals surface area contributed by atoms with E-state index in [4.69, 9.17) is 5.26 Å². The highest BCUT2D eigenvalue weighted by molar-refractivity contribution is 5.77. The second kappa shape index (κ2) is 5.72. The van der Waals surface area contributed by atoms with Crippen LogP contribution in [0.15, 0.2) is 18.7 Å². The summed E-state index contributed by atoms with van der Waals surface area (Å²) < 4.78 is 1.61. The quantitative estimate of drug-likeness (QED) is 0.752. The number of amides is 1. The molecule has 7 nitrogen and oxygen atoms in total. The molecule has 2 aromatic rings. The third-order valence-electron chi connectivity index (χ3n) is 2.39. The maximum absolute atomic E-state index is 11.0. The van der Waals surface area contributed by atoms with Crippen LogP contribution in [0, 0.1) is 11.3 Å². The summed E-state index contributed by atoms with van der Waals surface area (Å²) in [5.74, 6) is 0.337. The van der Waals surface area contributed by atoms with Crippen LogP contribution in [0.1, 0.15) is 18.4 Å². The highest BCUT2D eigenvalue weighted by Crippen LogP contribution is 2.02. The van der Waals surface area contributed by atoms with E-state index in [1.165, 1.54) is 6.33 Å². The molecule has 2 heterocycles. The first-order valence-corrected chi connectivity index (χ1v) is 5.57. The fraction of sp³-hybridized carbons (Fsp3) is 0.364. The van der Waals surface area contributed by atoms with Crippen molar-refractivity contribution in [2.75, 3.05) is 6.54 Å². The molecule has 0 saturated carbocycles. The summed E-state index contributed by atoms with van der Waals surface area (Å²) in [4.78, 5) is 19.1. The monoisotopic (exact) mass is 244 g/mol. The van der Waals surface area contributed by atoms with Gasteiger partial charge in [0, 0.05) is 18.9 Å². The Kier molecular flexibility index (Phi) is 3.81. The summed E-state index contributed by atoms with van der Waals surface area (Å²) in [5.41, 5.74) is 1.03. The third-order valence-corrected chi connectivity index (χ3v) is 2.39. The van der Waals surface area contributed by atoms with Gasteiger partial charge in [0.05, 0.1) is 6.07 Å². The Morgan fingerprint density at radius 1 is 1.50 bits per heavy atom. The molecule has 0 bridgehead atoms. The molecule has 2 rings (SSSR count). The SMILES string of the molecule is N#CCC(=O)NCCCc1cnc2ncnn2c1. The standard InChI is InChI=1S/C11H12N6O/c12-4-3-10(18)13-5-1-2-9-6-14-11-15-8-16-17(11)7-9/h6-8H,1-3,5H2,(H,13,18). The molecule has 0 radical (unpaired) electrons. The van der Waals surface area contributed by atoms with E-state index in [0.29, 0.717) is 12.3 Å². The molecule has 0 aromatic carbocycles. The lowest BCUT2D eigenvalue weighted by molar-refractivity contribution is -0.120. The summed E-state index contributed by atoms with van der Waals surface area (Å²) in [6.45, 7) is 0.551. The first-order valence-electron chi connectivity index (χ1n) is 5.57. The summed E-state index contributed by atoms with van der Waals surface area (Å²) in [7, 11) is 0. The number of nitrogens with zero attached hydrogens (tertiary/aromatic N) is 5. The van der Waals surface area contributed by atoms with Crippen molar-refractivity contribution in [3.8, 4) is 6.07 Å². The number of nitrogens with one attached hydrogen (secondary N) is 1. The molecule has 7 heteroatoms. The second-order valence-corrected chi connectivity index (χ2v) is 3.76. The molecule has 0 spiro atoms. The molecular weight excluding hydrogens is 232 g/mol. The van der Waals surface area contributed by atoms with Crippen molar-refractivity contribution in [2.45, 2.75) is 19.3 Å². The van der Waals surface area contributed by atoms with E-state index in [1.807, 2.05) is 6.20 Å². The molecule has 1 N–H and O–H groups in total. The van der Waals surface area contributed by atoms with Gasteiger partial charge in [0.2, 0.25) is 5.91 Å². The Hall–Kier alpha value is -2.49. The molecule has 92 valence electrons. The molecular formula is C11H12N6O. The second-order valence-electron chi connectivity index (χ2n) is 3.76. The number of nitriles is 1. The number of hydrogen-bond acceptors (Lipinski definition) is 5. The van der Waals surface area contributed by atoms with Gasteiger partial charge in [-0.25, -0.2) is 9.50 Å². The minimum absolute atomic E-state index is 0.0908. The van der Waals surface area contributed by atoms with E-state index in [0.717, 1.165) is 18.4 Å². The minimum atomic E-state index is -0.234. The zero-order valence-electron chi connectivity index (χ0n) is 9.70. The van der Waals surface area contributed by atoms with Crippen molar-refractivity contribution in [3.63, 3.8) is 0 Å². The zero-order valence-corrected chi connectivity index (χ0v) is 9.70. The Morgan fingerprint density at radius 2 is 2.39 bits per heavy atom. The van der Waals surface area contributed by atoms with Crippen LogP contribution >= 0.6 is 0 Å². The minimum Gasteiger partial charge on any atom is -0.355 e. The molecule has 2 aromatic heterocycles. The van der Waals surface area contributed by atoms with E-state index in [-0.39, 0.29) is 12.3 Å². The number of hydrogen-bond donors (Lipinski definition) is 1. The number of aryl methyl sites for hydroxylation is 1. The van der Waals surface area contributed by atoms with Crippen molar-refractivity contribution < 1.29 is 4.79 Å². The summed E-state index contributed by atoms with van der Waals surface area (Å²) >= 11 is 0. The van der Waals surface area contributed by atoms with Crippen LogP contribution < -0.4 is 5.32 Å². The van der Waals surface area contributed by atoms with E-state index in [1.54, 1.807) is 16.8 Å². The average molecular weight is 244 g/mol. The highest BCUT2D eigenvalue weighted by atomic mass is 16.1. The average Bonchev–Trinajstić information content (AvgIpc) is 2.82. The topological polar surface area (TPSA) is 96.0 Å². The molecule has 0 aliphatic heterocycles. The number of carbonyl (C=O) groups excluding carboxylic acids is 1. The Morgan fingerprint density at radius 3 is 3.22 bits per heavy atom. The molecule has 1 amide bonds. The lowest BCUT2D eigenvalue weighted by Crippen LogP contribution is -2.23. The van der Waals surface area contributed by atoms with Crippen molar-refractivity contribution in [2.24, 2.45) is 0 Å². The molecule has 18 heavy (non-hydrogen) atoms. The van der Waals surface area contributed by atoms with Crippen LogP contribution in [0.5, 0.6) is 0 Å². The Labute approximate surface area is 103 Å². The predicted octanol–water partition coefficient (Wildman–Crippen LogP) is 0.0868. The molecule has 0 unspecified atom stereocenters. The van der Waals surface area contributed by atoms with Crippen molar-refractivity contribution in [1.29, 1.82) is 5.26 Å². The molecule has 0 aliphatic carbocycles. The summed E-state index contributed by atoms with van der Waals surface area (Å²) in [5, 5.41) is 15.0. The first kappa shape index (κ1) is 12.0. The van der Waals surface area contributed by atoms with Gasteiger partial charge in [0.25, 0.3) is 5.78 Å². The van der Waals surface area contributed by atoms with Crippen LogP contribution in [0.3, 0.4) is 0 Å². The Bertz CT molecular complexity index is 584. The van der Waals surface area contributed by atoms with Crippen molar-refractivity contribution in [1.82, 2.24) is 24.9 Å². The number of aromatic nitrogens is 4. The summed E-state index contributed by atoms with van der Waals surface area (Å²) in [6, 6.07) is 1.80. The first-order chi connectivity index (χ1) is 8.79. The van der Waals surface area contributed by atoms with Crippen LogP contribution in [-0.2, 0) is 11.2 Å². The number of carbonyl (C=O) groups is 1. The van der Waals surface area contributed by atoms with Gasteiger partial charge in [-0.05, 0) is 18.4 Å². The fourth-order valence-corrected chi connectivity index (χ4v) is 1.54. The Balaban J connectivity index is 1.80. The zero-order chi connectivity index (χ0) is 12.8. The number of rotatable bonds is 5. The van der Waals surface area contributed by atoms with Gasteiger partial charge in [-0.1, -0.05) is 0 Å². The van der Waals surface area contributed by atoms with Crippen LogP contribution in [0.25, 0.3) is 5.78 Å². The largest absolute Gasteiger partial charge is 0.355 e. The normalized spacial score (nSPS) is 10.2. The van der Waals surface area contributed by atoms with Crippen LogP contribution in [0.4, 0.5) is 0 Å². The van der Waals surface area contributed by atoms with Gasteiger partial charge in [0.15, 0.2) is 0 Å². The lowest BCUT2D eigenvalue weighted by atomic mass is 10.2. The van der Waals surface area contributed by atoms with Gasteiger partial charge in [-0.2, -0.15) is 15.3 Å². The van der Waals surface area contributed by atoms with Crippen molar-refractivity contribution in [3.05, 3.63) is 24.3 Å². The van der Waals surface area contributed by atoms with Gasteiger partial charge in [-0.3, -0.25) is 4.79 Å². The van der Waals surface area contributed by atoms with Crippen molar-refractivity contribution >= 4 is 11.7 Å². The van der Waals surface area contributed by atoms with Gasteiger partial charge in [0.1, 0.15) is 12.7 Å². The van der Waals surface area contributed by atoms with E-state index in [2.05, 4.69) is 20.4 Å². The molecule has 0 atom stereocenters. The smallest absolute Gasteiger partial charge is 0.252 e. The van der Waals surface area contributed by atoms with E-state index < -0.39 is 0 Å². The molecule has 0 fully saturated rings. The summed E-state index contributed by atoms with van der Waals surface area (Å²) in [6.07, 6.45) is 6.56. The van der Waals surface area contributed by atoms with Gasteiger partial charge < -0.3 is 5.32 Å². The maximum atomic E-state index is 11.0. The van der Waals surface area contributed by atoms with Crippen LogP contribution in [0.2, 0.25) is 0 Å². The number of fused-ring (bicyclic) bond motifs is 1. The molecule has 0 saturated heterocycles. The van der Waals surface area contributed by atoms with Crippen LogP contribution in [-0.4, -0.2) is 32.0 Å². The van der Waals surface area contributed by atoms with E-state index >= 15 is 0 Å². The third kappa shape index (κ3) is 3.01. The van der Waals surface area contributed by atoms with E-state index in [9.17, 15) is 4.79 Å². The van der Waals surface area contributed by atoms with Gasteiger partial charge in [-0.15, -0.1) is 0 Å². The van der Waals surface area contributed by atoms with Gasteiger partial charge >= 0.3 is 0 Å². The maximum Gasteiger partial charge on any atom is 0.252 e. The predicted molar refractivity (Wildman–Crippen MR) is 62.3 cm³/mol. The fourth-order valence-electron chi connectivity index (χ4n) is 1.54.